The molecule has 0 bridgehead atoms. The molecular formula is C14H20FNO2. The van der Waals surface area contributed by atoms with Gasteiger partial charge in [-0.25, -0.2) is 4.39 Å². The minimum Gasteiger partial charge on any atom is -0.481 e. The highest BCUT2D eigenvalue weighted by molar-refractivity contribution is 5.70. The van der Waals surface area contributed by atoms with E-state index in [1.807, 2.05) is 13.8 Å². The summed E-state index contributed by atoms with van der Waals surface area (Å²) in [6.07, 6.45) is 0.460. The Morgan fingerprint density at radius 3 is 2.50 bits per heavy atom. The van der Waals surface area contributed by atoms with Gasteiger partial charge in [-0.15, -0.1) is 0 Å². The van der Waals surface area contributed by atoms with Crippen molar-refractivity contribution in [2.45, 2.75) is 26.2 Å². The fraction of sp³-hybridized carbons (Fsp3) is 0.500. The zero-order chi connectivity index (χ0) is 13.7. The summed E-state index contributed by atoms with van der Waals surface area (Å²) < 4.78 is 13.6. The molecule has 0 aliphatic carbocycles. The van der Waals surface area contributed by atoms with E-state index in [9.17, 15) is 9.18 Å². The van der Waals surface area contributed by atoms with Crippen LogP contribution in [0, 0.1) is 17.7 Å². The van der Waals surface area contributed by atoms with Gasteiger partial charge < -0.3 is 10.8 Å². The van der Waals surface area contributed by atoms with Gasteiger partial charge in [-0.2, -0.15) is 0 Å². The van der Waals surface area contributed by atoms with Gasteiger partial charge in [0.25, 0.3) is 0 Å². The Morgan fingerprint density at radius 1 is 1.39 bits per heavy atom. The fourth-order valence-electron chi connectivity index (χ4n) is 2.10. The van der Waals surface area contributed by atoms with E-state index in [1.54, 1.807) is 18.2 Å². The average molecular weight is 253 g/mol. The molecule has 0 saturated heterocycles. The topological polar surface area (TPSA) is 63.3 Å². The van der Waals surface area contributed by atoms with E-state index in [0.717, 1.165) is 0 Å². The number of rotatable bonds is 6. The van der Waals surface area contributed by atoms with E-state index in [2.05, 4.69) is 0 Å². The molecule has 3 N–H and O–H groups in total. The molecule has 1 aromatic rings. The monoisotopic (exact) mass is 253 g/mol. The lowest BCUT2D eigenvalue weighted by molar-refractivity contribution is -0.142. The SMILES string of the molecule is CC(CC(CN)C(=O)O)C(C)c1ccccc1F. The summed E-state index contributed by atoms with van der Waals surface area (Å²) in [5.41, 5.74) is 6.07. The quantitative estimate of drug-likeness (QED) is 0.819. The number of nitrogens with two attached hydrogens (primary N) is 1. The number of carboxylic acid groups (broad SMARTS) is 1. The third-order valence-corrected chi connectivity index (χ3v) is 3.54. The zero-order valence-electron chi connectivity index (χ0n) is 10.8. The smallest absolute Gasteiger partial charge is 0.307 e. The lowest BCUT2D eigenvalue weighted by Crippen LogP contribution is -2.26. The van der Waals surface area contributed by atoms with Gasteiger partial charge in [-0.3, -0.25) is 4.79 Å². The molecule has 18 heavy (non-hydrogen) atoms. The molecule has 0 aliphatic rings. The Bertz CT molecular complexity index is 409. The van der Waals surface area contributed by atoms with Crippen molar-refractivity contribution in [3.05, 3.63) is 35.6 Å². The van der Waals surface area contributed by atoms with Crippen LogP contribution in [0.5, 0.6) is 0 Å². The van der Waals surface area contributed by atoms with Crippen LogP contribution in [0.2, 0.25) is 0 Å². The Morgan fingerprint density at radius 2 is 2.00 bits per heavy atom. The van der Waals surface area contributed by atoms with Crippen LogP contribution in [0.25, 0.3) is 0 Å². The van der Waals surface area contributed by atoms with Crippen molar-refractivity contribution in [2.75, 3.05) is 6.54 Å². The van der Waals surface area contributed by atoms with Gasteiger partial charge in [0.2, 0.25) is 0 Å². The van der Waals surface area contributed by atoms with Gasteiger partial charge in [-0.1, -0.05) is 32.0 Å². The van der Waals surface area contributed by atoms with Crippen molar-refractivity contribution in [3.63, 3.8) is 0 Å². The average Bonchev–Trinajstić information content (AvgIpc) is 2.35. The van der Waals surface area contributed by atoms with E-state index in [4.69, 9.17) is 10.8 Å². The van der Waals surface area contributed by atoms with Gasteiger partial charge in [0.15, 0.2) is 0 Å². The number of hydrogen-bond acceptors (Lipinski definition) is 2. The number of carbonyl (C=O) groups is 1. The summed E-state index contributed by atoms with van der Waals surface area (Å²) in [5.74, 6) is -1.65. The van der Waals surface area contributed by atoms with Crippen LogP contribution in [-0.4, -0.2) is 17.6 Å². The summed E-state index contributed by atoms with van der Waals surface area (Å²) >= 11 is 0. The summed E-state index contributed by atoms with van der Waals surface area (Å²) in [4.78, 5) is 10.9. The van der Waals surface area contributed by atoms with Gasteiger partial charge >= 0.3 is 5.97 Å². The molecule has 0 aliphatic heterocycles. The van der Waals surface area contributed by atoms with Gasteiger partial charge in [0.05, 0.1) is 5.92 Å². The number of aliphatic carboxylic acids is 1. The third-order valence-electron chi connectivity index (χ3n) is 3.54. The van der Waals surface area contributed by atoms with Crippen LogP contribution in [0.1, 0.15) is 31.7 Å². The Kier molecular flexibility index (Phi) is 5.28. The van der Waals surface area contributed by atoms with Crippen molar-refractivity contribution in [1.29, 1.82) is 0 Å². The number of carboxylic acids is 1. The number of benzene rings is 1. The van der Waals surface area contributed by atoms with Crippen molar-refractivity contribution in [1.82, 2.24) is 0 Å². The standard InChI is InChI=1S/C14H20FNO2/c1-9(7-11(8-16)14(17)18)10(2)12-5-3-4-6-13(12)15/h3-6,9-11H,7-8,16H2,1-2H3,(H,17,18). The molecule has 1 rings (SSSR count). The Hall–Kier alpha value is -1.42. The van der Waals surface area contributed by atoms with E-state index >= 15 is 0 Å². The molecule has 0 amide bonds. The Labute approximate surface area is 107 Å². The predicted octanol–water partition coefficient (Wildman–Crippen LogP) is 2.61. The van der Waals surface area contributed by atoms with Crippen LogP contribution in [0.3, 0.4) is 0 Å². The highest BCUT2D eigenvalue weighted by atomic mass is 19.1. The molecule has 0 radical (unpaired) electrons. The normalized spacial score (nSPS) is 16.0. The minimum absolute atomic E-state index is 0.0281. The zero-order valence-corrected chi connectivity index (χ0v) is 10.8. The molecule has 4 heteroatoms. The molecule has 0 fully saturated rings. The third kappa shape index (κ3) is 3.53. The first-order valence-corrected chi connectivity index (χ1v) is 6.14. The molecule has 1 aromatic carbocycles. The van der Waals surface area contributed by atoms with Crippen molar-refractivity contribution >= 4 is 5.97 Å². The van der Waals surface area contributed by atoms with Gasteiger partial charge in [0, 0.05) is 6.54 Å². The minimum atomic E-state index is -0.884. The molecule has 3 atom stereocenters. The lowest BCUT2D eigenvalue weighted by atomic mass is 9.82. The van der Waals surface area contributed by atoms with Crippen LogP contribution < -0.4 is 5.73 Å². The molecule has 0 spiro atoms. The van der Waals surface area contributed by atoms with E-state index in [0.29, 0.717) is 12.0 Å². The predicted molar refractivity (Wildman–Crippen MR) is 68.8 cm³/mol. The maximum atomic E-state index is 13.6. The van der Waals surface area contributed by atoms with Crippen LogP contribution in [0.15, 0.2) is 24.3 Å². The molecule has 0 heterocycles. The second-order valence-corrected chi connectivity index (χ2v) is 4.79. The summed E-state index contributed by atoms with van der Waals surface area (Å²) in [6.45, 7) is 3.96. The maximum absolute atomic E-state index is 13.6. The first kappa shape index (κ1) is 14.6. The second kappa shape index (κ2) is 6.50. The van der Waals surface area contributed by atoms with Crippen molar-refractivity contribution in [2.24, 2.45) is 17.6 Å². The lowest BCUT2D eigenvalue weighted by Gasteiger charge is -2.23. The summed E-state index contributed by atoms with van der Waals surface area (Å²) in [7, 11) is 0. The van der Waals surface area contributed by atoms with Crippen molar-refractivity contribution in [3.8, 4) is 0 Å². The van der Waals surface area contributed by atoms with Crippen LogP contribution in [-0.2, 0) is 4.79 Å². The molecule has 100 valence electrons. The fourth-order valence-corrected chi connectivity index (χ4v) is 2.10. The first-order chi connectivity index (χ1) is 8.47. The van der Waals surface area contributed by atoms with Crippen LogP contribution >= 0.6 is 0 Å². The molecule has 3 nitrogen and oxygen atoms in total. The molecular weight excluding hydrogens is 233 g/mol. The molecule has 0 aromatic heterocycles. The van der Waals surface area contributed by atoms with Gasteiger partial charge in [-0.05, 0) is 29.9 Å². The highest BCUT2D eigenvalue weighted by Crippen LogP contribution is 2.30. The van der Waals surface area contributed by atoms with E-state index in [1.165, 1.54) is 6.07 Å². The van der Waals surface area contributed by atoms with Gasteiger partial charge in [0.1, 0.15) is 5.82 Å². The van der Waals surface area contributed by atoms with E-state index in [-0.39, 0.29) is 24.2 Å². The first-order valence-electron chi connectivity index (χ1n) is 6.14. The van der Waals surface area contributed by atoms with Crippen molar-refractivity contribution < 1.29 is 14.3 Å². The Balaban J connectivity index is 2.75. The second-order valence-electron chi connectivity index (χ2n) is 4.79. The highest BCUT2D eigenvalue weighted by Gasteiger charge is 2.24. The maximum Gasteiger partial charge on any atom is 0.307 e. The molecule has 3 unspecified atom stereocenters. The molecule has 0 saturated carbocycles. The summed E-state index contributed by atoms with van der Waals surface area (Å²) in [5, 5.41) is 8.97. The van der Waals surface area contributed by atoms with Crippen LogP contribution in [0.4, 0.5) is 4.39 Å². The number of halogens is 1. The number of hydrogen-bond donors (Lipinski definition) is 2. The largest absolute Gasteiger partial charge is 0.481 e. The summed E-state index contributed by atoms with van der Waals surface area (Å²) in [6, 6.07) is 6.61. The van der Waals surface area contributed by atoms with E-state index < -0.39 is 11.9 Å².